The predicted octanol–water partition coefficient (Wildman–Crippen LogP) is 3.15. The van der Waals surface area contributed by atoms with Crippen molar-refractivity contribution in [1.29, 1.82) is 0 Å². The summed E-state index contributed by atoms with van der Waals surface area (Å²) in [6, 6.07) is 3.99. The largest absolute Gasteiger partial charge is 0.444 e. The van der Waals surface area contributed by atoms with Gasteiger partial charge in [0.05, 0.1) is 0 Å². The topological polar surface area (TPSA) is 50.4 Å². The van der Waals surface area contributed by atoms with Gasteiger partial charge >= 0.3 is 6.09 Å². The second-order valence-corrected chi connectivity index (χ2v) is 6.99. The maximum absolute atomic E-state index is 13.1. The smallest absolute Gasteiger partial charge is 0.407 e. The van der Waals surface area contributed by atoms with E-state index >= 15 is 0 Å². The zero-order valence-electron chi connectivity index (χ0n) is 13.8. The van der Waals surface area contributed by atoms with E-state index in [9.17, 15) is 13.6 Å². The first kappa shape index (κ1) is 17.7. The zero-order chi connectivity index (χ0) is 17.0. The lowest BCUT2D eigenvalue weighted by Crippen LogP contribution is -2.53. The lowest BCUT2D eigenvalue weighted by molar-refractivity contribution is 0.0465. The highest BCUT2D eigenvalue weighted by atomic mass is 19.1. The molecule has 0 bridgehead atoms. The van der Waals surface area contributed by atoms with Crippen LogP contribution in [0.4, 0.5) is 13.6 Å². The number of benzene rings is 1. The summed E-state index contributed by atoms with van der Waals surface area (Å²) in [5.41, 5.74) is 0.142. The van der Waals surface area contributed by atoms with Crippen LogP contribution >= 0.6 is 0 Å². The summed E-state index contributed by atoms with van der Waals surface area (Å²) < 4.78 is 31.3. The summed E-state index contributed by atoms with van der Waals surface area (Å²) in [4.78, 5) is 11.6. The first-order chi connectivity index (χ1) is 10.7. The highest BCUT2D eigenvalue weighted by molar-refractivity contribution is 5.68. The molecule has 0 aliphatic heterocycles. The molecule has 128 valence electrons. The fourth-order valence-electron chi connectivity index (χ4n) is 2.55. The second kappa shape index (κ2) is 7.25. The predicted molar refractivity (Wildman–Crippen MR) is 84.2 cm³/mol. The average molecular weight is 326 g/mol. The van der Waals surface area contributed by atoms with E-state index in [-0.39, 0.29) is 6.04 Å². The number of carbonyl (C=O) groups excluding carboxylic acids is 1. The van der Waals surface area contributed by atoms with Gasteiger partial charge in [0.25, 0.3) is 0 Å². The third-order valence-electron chi connectivity index (χ3n) is 3.63. The van der Waals surface area contributed by atoms with Crippen molar-refractivity contribution < 1.29 is 18.3 Å². The normalized spacial score (nSPS) is 20.7. The van der Waals surface area contributed by atoms with Crippen molar-refractivity contribution in [2.45, 2.75) is 57.7 Å². The molecule has 23 heavy (non-hydrogen) atoms. The molecule has 2 N–H and O–H groups in total. The first-order valence-corrected chi connectivity index (χ1v) is 7.89. The van der Waals surface area contributed by atoms with Gasteiger partial charge in [-0.15, -0.1) is 0 Å². The monoisotopic (exact) mass is 326 g/mol. The molecule has 0 saturated heterocycles. The SMILES string of the molecule is CC(C)(C)OC(=O)NC1CC(NCCc2cc(F)cc(F)c2)C1. The maximum Gasteiger partial charge on any atom is 0.407 e. The third kappa shape index (κ3) is 6.14. The molecule has 1 aromatic carbocycles. The summed E-state index contributed by atoms with van der Waals surface area (Å²) in [5, 5.41) is 6.15. The lowest BCUT2D eigenvalue weighted by atomic mass is 9.87. The Hall–Kier alpha value is -1.69. The van der Waals surface area contributed by atoms with Gasteiger partial charge in [-0.3, -0.25) is 0 Å². The Labute approximate surface area is 135 Å². The fourth-order valence-corrected chi connectivity index (χ4v) is 2.55. The number of ether oxygens (including phenoxy) is 1. The van der Waals surface area contributed by atoms with Crippen molar-refractivity contribution in [2.24, 2.45) is 0 Å². The Morgan fingerprint density at radius 3 is 2.35 bits per heavy atom. The summed E-state index contributed by atoms with van der Waals surface area (Å²) in [7, 11) is 0. The lowest BCUT2D eigenvalue weighted by Gasteiger charge is -2.36. The van der Waals surface area contributed by atoms with E-state index in [4.69, 9.17) is 4.74 Å². The van der Waals surface area contributed by atoms with Gasteiger partial charge in [0, 0.05) is 18.2 Å². The van der Waals surface area contributed by atoms with E-state index in [0.717, 1.165) is 18.9 Å². The van der Waals surface area contributed by atoms with Crippen molar-refractivity contribution in [3.63, 3.8) is 0 Å². The van der Waals surface area contributed by atoms with Crippen molar-refractivity contribution in [3.05, 3.63) is 35.4 Å². The van der Waals surface area contributed by atoms with Gasteiger partial charge < -0.3 is 15.4 Å². The minimum absolute atomic E-state index is 0.119. The molecule has 6 heteroatoms. The van der Waals surface area contributed by atoms with Crippen LogP contribution in [0.5, 0.6) is 0 Å². The molecule has 4 nitrogen and oxygen atoms in total. The van der Waals surface area contributed by atoms with Crippen LogP contribution in [0.1, 0.15) is 39.2 Å². The number of nitrogens with one attached hydrogen (secondary N) is 2. The van der Waals surface area contributed by atoms with Crippen molar-refractivity contribution >= 4 is 6.09 Å². The third-order valence-corrected chi connectivity index (χ3v) is 3.63. The first-order valence-electron chi connectivity index (χ1n) is 7.89. The molecule has 2 rings (SSSR count). The number of carbonyl (C=O) groups is 1. The summed E-state index contributed by atoms with van der Waals surface area (Å²) in [5.74, 6) is -1.10. The molecule has 0 atom stereocenters. The Bertz CT molecular complexity index is 532. The summed E-state index contributed by atoms with van der Waals surface area (Å²) >= 11 is 0. The van der Waals surface area contributed by atoms with Crippen LogP contribution in [0.2, 0.25) is 0 Å². The Morgan fingerprint density at radius 2 is 1.78 bits per heavy atom. The van der Waals surface area contributed by atoms with Crippen LogP contribution in [-0.2, 0) is 11.2 Å². The van der Waals surface area contributed by atoms with Crippen LogP contribution in [0.25, 0.3) is 0 Å². The number of hydrogen-bond donors (Lipinski definition) is 2. The molecule has 1 aliphatic carbocycles. The standard InChI is InChI=1S/C17H24F2N2O2/c1-17(2,3)23-16(22)21-15-9-14(10-15)20-5-4-11-6-12(18)8-13(19)7-11/h6-8,14-15,20H,4-5,9-10H2,1-3H3,(H,21,22). The van der Waals surface area contributed by atoms with Gasteiger partial charge in [-0.05, 0) is 64.3 Å². The zero-order valence-corrected chi connectivity index (χ0v) is 13.8. The van der Waals surface area contributed by atoms with Crippen LogP contribution in [0.3, 0.4) is 0 Å². The molecule has 0 radical (unpaired) electrons. The minimum Gasteiger partial charge on any atom is -0.444 e. The molecule has 1 fully saturated rings. The van der Waals surface area contributed by atoms with Crippen molar-refractivity contribution in [3.8, 4) is 0 Å². The second-order valence-electron chi connectivity index (χ2n) is 6.99. The quantitative estimate of drug-likeness (QED) is 0.874. The highest BCUT2D eigenvalue weighted by Gasteiger charge is 2.31. The fraction of sp³-hybridized carbons (Fsp3) is 0.588. The number of rotatable bonds is 5. The van der Waals surface area contributed by atoms with Crippen LogP contribution < -0.4 is 10.6 Å². The van der Waals surface area contributed by atoms with Crippen LogP contribution in [-0.4, -0.2) is 30.3 Å². The number of amides is 1. The molecular weight excluding hydrogens is 302 g/mol. The van der Waals surface area contributed by atoms with E-state index in [1.54, 1.807) is 0 Å². The average Bonchev–Trinajstić information content (AvgIpc) is 2.32. The van der Waals surface area contributed by atoms with Gasteiger partial charge in [0.2, 0.25) is 0 Å². The molecule has 1 amide bonds. The Morgan fingerprint density at radius 1 is 1.17 bits per heavy atom. The molecule has 0 heterocycles. The minimum atomic E-state index is -0.551. The van der Waals surface area contributed by atoms with Gasteiger partial charge in [-0.1, -0.05) is 0 Å². The molecule has 1 aromatic rings. The van der Waals surface area contributed by atoms with Crippen molar-refractivity contribution in [2.75, 3.05) is 6.54 Å². The number of alkyl carbamates (subject to hydrolysis) is 1. The number of hydrogen-bond acceptors (Lipinski definition) is 3. The molecule has 1 saturated carbocycles. The van der Waals surface area contributed by atoms with Crippen LogP contribution in [0, 0.1) is 11.6 Å². The van der Waals surface area contributed by atoms with Gasteiger partial charge in [-0.25, -0.2) is 13.6 Å². The van der Waals surface area contributed by atoms with E-state index in [1.165, 1.54) is 12.1 Å². The summed E-state index contributed by atoms with van der Waals surface area (Å²) in [6.45, 7) is 6.12. The molecule has 0 aromatic heterocycles. The molecule has 0 unspecified atom stereocenters. The highest BCUT2D eigenvalue weighted by Crippen LogP contribution is 2.20. The van der Waals surface area contributed by atoms with Gasteiger partial charge in [0.1, 0.15) is 17.2 Å². The molecule has 1 aliphatic rings. The van der Waals surface area contributed by atoms with Crippen molar-refractivity contribution in [1.82, 2.24) is 10.6 Å². The molecule has 0 spiro atoms. The van der Waals surface area contributed by atoms with E-state index < -0.39 is 23.3 Å². The Balaban J connectivity index is 1.62. The van der Waals surface area contributed by atoms with E-state index in [2.05, 4.69) is 10.6 Å². The Kier molecular flexibility index (Phi) is 5.57. The van der Waals surface area contributed by atoms with Gasteiger partial charge in [-0.2, -0.15) is 0 Å². The van der Waals surface area contributed by atoms with Crippen LogP contribution in [0.15, 0.2) is 18.2 Å². The van der Waals surface area contributed by atoms with E-state index in [0.29, 0.717) is 24.6 Å². The van der Waals surface area contributed by atoms with Gasteiger partial charge in [0.15, 0.2) is 0 Å². The summed E-state index contributed by atoms with van der Waals surface area (Å²) in [6.07, 6.45) is 1.83. The van der Waals surface area contributed by atoms with E-state index in [1.807, 2.05) is 20.8 Å². The molecular formula is C17H24F2N2O2. The maximum atomic E-state index is 13.1. The number of halogens is 2.